The van der Waals surface area contributed by atoms with Gasteiger partial charge >= 0.3 is 5.97 Å². The number of ether oxygens (including phenoxy) is 1. The van der Waals surface area contributed by atoms with Gasteiger partial charge in [-0.05, 0) is 50.3 Å². The molecular weight excluding hydrogens is 278 g/mol. The number of hydrogen-bond acceptors (Lipinski definition) is 3. The minimum atomic E-state index is -0.702. The van der Waals surface area contributed by atoms with Gasteiger partial charge in [0.05, 0.1) is 12.5 Å². The second kappa shape index (κ2) is 8.79. The molecule has 0 saturated carbocycles. The van der Waals surface area contributed by atoms with Crippen molar-refractivity contribution in [2.24, 2.45) is 5.41 Å². The number of hydrogen-bond donors (Lipinski definition) is 2. The molecule has 0 heterocycles. The van der Waals surface area contributed by atoms with Crippen LogP contribution in [0.2, 0.25) is 0 Å². The van der Waals surface area contributed by atoms with Gasteiger partial charge in [0.1, 0.15) is 5.75 Å². The SMILES string of the molecule is CCC(CC)(CNC(C)CCc1ccc(OC)cc1)C(=O)O. The monoisotopic (exact) mass is 307 g/mol. The van der Waals surface area contributed by atoms with Gasteiger partial charge in [0.25, 0.3) is 0 Å². The van der Waals surface area contributed by atoms with Crippen LogP contribution in [0.25, 0.3) is 0 Å². The van der Waals surface area contributed by atoms with Crippen molar-refractivity contribution in [2.45, 2.75) is 52.5 Å². The molecule has 0 radical (unpaired) electrons. The summed E-state index contributed by atoms with van der Waals surface area (Å²) in [6.45, 7) is 6.53. The number of rotatable bonds is 10. The van der Waals surface area contributed by atoms with Crippen LogP contribution in [-0.4, -0.2) is 30.8 Å². The van der Waals surface area contributed by atoms with Crippen molar-refractivity contribution in [1.29, 1.82) is 0 Å². The molecule has 0 aliphatic carbocycles. The van der Waals surface area contributed by atoms with Crippen molar-refractivity contribution in [3.05, 3.63) is 29.8 Å². The fourth-order valence-electron chi connectivity index (χ4n) is 2.53. The summed E-state index contributed by atoms with van der Waals surface area (Å²) >= 11 is 0. The van der Waals surface area contributed by atoms with Crippen LogP contribution in [0.15, 0.2) is 24.3 Å². The third-order valence-corrected chi connectivity index (χ3v) is 4.62. The highest BCUT2D eigenvalue weighted by molar-refractivity contribution is 5.74. The van der Waals surface area contributed by atoms with Crippen LogP contribution >= 0.6 is 0 Å². The average Bonchev–Trinajstić information content (AvgIpc) is 2.54. The van der Waals surface area contributed by atoms with Gasteiger partial charge in [-0.3, -0.25) is 4.79 Å². The summed E-state index contributed by atoms with van der Waals surface area (Å²) in [4.78, 5) is 11.5. The van der Waals surface area contributed by atoms with Gasteiger partial charge in [-0.2, -0.15) is 0 Å². The maximum Gasteiger partial charge on any atom is 0.310 e. The molecule has 1 aromatic rings. The quantitative estimate of drug-likeness (QED) is 0.694. The Kier molecular flexibility index (Phi) is 7.39. The minimum absolute atomic E-state index is 0.291. The Balaban J connectivity index is 2.45. The Morgan fingerprint density at radius 1 is 1.27 bits per heavy atom. The Bertz CT molecular complexity index is 452. The highest BCUT2D eigenvalue weighted by Crippen LogP contribution is 2.26. The summed E-state index contributed by atoms with van der Waals surface area (Å²) < 4.78 is 5.15. The van der Waals surface area contributed by atoms with E-state index >= 15 is 0 Å². The molecule has 0 aliphatic heterocycles. The maximum atomic E-state index is 11.5. The molecule has 0 spiro atoms. The number of carboxylic acid groups (broad SMARTS) is 1. The predicted molar refractivity (Wildman–Crippen MR) is 89.4 cm³/mol. The van der Waals surface area contributed by atoms with Gasteiger partial charge in [0, 0.05) is 12.6 Å². The molecule has 0 saturated heterocycles. The number of aliphatic carboxylic acids is 1. The molecule has 0 bridgehead atoms. The van der Waals surface area contributed by atoms with Gasteiger partial charge in [0.15, 0.2) is 0 Å². The van der Waals surface area contributed by atoms with E-state index in [9.17, 15) is 9.90 Å². The van der Waals surface area contributed by atoms with Crippen LogP contribution < -0.4 is 10.1 Å². The van der Waals surface area contributed by atoms with E-state index in [2.05, 4.69) is 24.4 Å². The van der Waals surface area contributed by atoms with Gasteiger partial charge in [-0.1, -0.05) is 26.0 Å². The van der Waals surface area contributed by atoms with Gasteiger partial charge < -0.3 is 15.2 Å². The molecule has 0 amide bonds. The average molecular weight is 307 g/mol. The molecule has 22 heavy (non-hydrogen) atoms. The number of nitrogens with one attached hydrogen (secondary N) is 1. The van der Waals surface area contributed by atoms with E-state index in [-0.39, 0.29) is 0 Å². The third kappa shape index (κ3) is 5.02. The van der Waals surface area contributed by atoms with Crippen molar-refractivity contribution in [3.63, 3.8) is 0 Å². The number of carboxylic acids is 1. The summed E-state index contributed by atoms with van der Waals surface area (Å²) in [5, 5.41) is 12.8. The van der Waals surface area contributed by atoms with Crippen LogP contribution in [0.3, 0.4) is 0 Å². The molecule has 0 aliphatic rings. The summed E-state index contributed by atoms with van der Waals surface area (Å²) in [7, 11) is 1.66. The number of methoxy groups -OCH3 is 1. The Morgan fingerprint density at radius 2 is 1.86 bits per heavy atom. The van der Waals surface area contributed by atoms with Gasteiger partial charge in [-0.25, -0.2) is 0 Å². The van der Waals surface area contributed by atoms with Crippen molar-refractivity contribution < 1.29 is 14.6 Å². The van der Waals surface area contributed by atoms with Gasteiger partial charge in [-0.15, -0.1) is 0 Å². The van der Waals surface area contributed by atoms with Crippen LogP contribution in [0.5, 0.6) is 5.75 Å². The van der Waals surface area contributed by atoms with Crippen molar-refractivity contribution in [2.75, 3.05) is 13.7 Å². The van der Waals surface area contributed by atoms with Crippen molar-refractivity contribution in [1.82, 2.24) is 5.32 Å². The topological polar surface area (TPSA) is 58.6 Å². The number of carbonyl (C=O) groups is 1. The lowest BCUT2D eigenvalue weighted by Gasteiger charge is -2.29. The lowest BCUT2D eigenvalue weighted by atomic mass is 9.82. The first kappa shape index (κ1) is 18.5. The number of benzene rings is 1. The van der Waals surface area contributed by atoms with Crippen molar-refractivity contribution in [3.8, 4) is 5.75 Å². The first-order chi connectivity index (χ1) is 10.5. The number of aryl methyl sites for hydroxylation is 1. The molecule has 1 unspecified atom stereocenters. The zero-order valence-corrected chi connectivity index (χ0v) is 14.2. The normalized spacial score (nSPS) is 12.9. The first-order valence-corrected chi connectivity index (χ1v) is 8.07. The molecule has 124 valence electrons. The standard InChI is InChI=1S/C18H29NO3/c1-5-18(6-2,17(20)21)13-19-14(3)7-8-15-9-11-16(22-4)12-10-15/h9-12,14,19H,5-8,13H2,1-4H3,(H,20,21). The van der Waals surface area contributed by atoms with Crippen LogP contribution in [-0.2, 0) is 11.2 Å². The largest absolute Gasteiger partial charge is 0.497 e. The molecule has 0 aromatic heterocycles. The summed E-state index contributed by atoms with van der Waals surface area (Å²) in [5.41, 5.74) is 0.624. The second-order valence-electron chi connectivity index (χ2n) is 5.96. The fourth-order valence-corrected chi connectivity index (χ4v) is 2.53. The van der Waals surface area contributed by atoms with Gasteiger partial charge in [0.2, 0.25) is 0 Å². The third-order valence-electron chi connectivity index (χ3n) is 4.62. The molecular formula is C18H29NO3. The Labute approximate surface area is 133 Å². The predicted octanol–water partition coefficient (Wildman–Crippen LogP) is 3.50. The first-order valence-electron chi connectivity index (χ1n) is 8.07. The molecule has 1 atom stereocenters. The van der Waals surface area contributed by atoms with E-state index in [1.165, 1.54) is 5.56 Å². The Hall–Kier alpha value is -1.55. The van der Waals surface area contributed by atoms with E-state index in [1.807, 2.05) is 26.0 Å². The zero-order chi connectivity index (χ0) is 16.6. The summed E-state index contributed by atoms with van der Waals surface area (Å²) in [6, 6.07) is 8.38. The van der Waals surface area contributed by atoms with E-state index in [0.29, 0.717) is 25.4 Å². The van der Waals surface area contributed by atoms with Crippen molar-refractivity contribution >= 4 is 5.97 Å². The minimum Gasteiger partial charge on any atom is -0.497 e. The Morgan fingerprint density at radius 3 is 2.32 bits per heavy atom. The summed E-state index contributed by atoms with van der Waals surface area (Å²) in [5.74, 6) is 0.166. The molecule has 2 N–H and O–H groups in total. The van der Waals surface area contributed by atoms with Crippen LogP contribution in [0, 0.1) is 5.41 Å². The maximum absolute atomic E-state index is 11.5. The molecule has 0 fully saturated rings. The van der Waals surface area contributed by atoms with E-state index in [0.717, 1.165) is 18.6 Å². The van der Waals surface area contributed by atoms with Crippen LogP contribution in [0.1, 0.15) is 45.6 Å². The highest BCUT2D eigenvalue weighted by atomic mass is 16.5. The highest BCUT2D eigenvalue weighted by Gasteiger charge is 2.34. The fraction of sp³-hybridized carbons (Fsp3) is 0.611. The van der Waals surface area contributed by atoms with E-state index in [1.54, 1.807) is 7.11 Å². The molecule has 1 aromatic carbocycles. The molecule has 4 nitrogen and oxygen atoms in total. The van der Waals surface area contributed by atoms with E-state index in [4.69, 9.17) is 4.74 Å². The second-order valence-corrected chi connectivity index (χ2v) is 5.96. The molecule has 4 heteroatoms. The lowest BCUT2D eigenvalue weighted by molar-refractivity contribution is -0.149. The lowest BCUT2D eigenvalue weighted by Crippen LogP contribution is -2.43. The van der Waals surface area contributed by atoms with E-state index < -0.39 is 11.4 Å². The zero-order valence-electron chi connectivity index (χ0n) is 14.2. The van der Waals surface area contributed by atoms with Crippen LogP contribution in [0.4, 0.5) is 0 Å². The molecule has 1 rings (SSSR count). The summed E-state index contributed by atoms with van der Waals surface area (Å²) in [6.07, 6.45) is 3.25. The smallest absolute Gasteiger partial charge is 0.310 e.